The summed E-state index contributed by atoms with van der Waals surface area (Å²) in [6, 6.07) is 19.8. The maximum Gasteiger partial charge on any atom is 0.264 e. The lowest BCUT2D eigenvalue weighted by Gasteiger charge is -2.25. The van der Waals surface area contributed by atoms with Crippen LogP contribution in [0.3, 0.4) is 0 Å². The summed E-state index contributed by atoms with van der Waals surface area (Å²) in [5.74, 6) is -0.730. The summed E-state index contributed by atoms with van der Waals surface area (Å²) in [7, 11) is -2.65. The van der Waals surface area contributed by atoms with E-state index in [-0.39, 0.29) is 10.6 Å². The van der Waals surface area contributed by atoms with Gasteiger partial charge in [0.05, 0.1) is 23.7 Å². The van der Waals surface area contributed by atoms with Gasteiger partial charge in [-0.05, 0) is 37.3 Å². The molecule has 3 aromatic rings. The third-order valence-electron chi connectivity index (χ3n) is 4.72. The standard InChI is InChI=1S/C23H23FN2O4S/c1-17(19-12-6-9-15-22(19)30-2)25-23(27)16-26(21-14-8-7-13-20(21)24)31(28,29)18-10-4-3-5-11-18/h3-15,17H,16H2,1-2H3,(H,25,27). The Labute approximate surface area is 181 Å². The second-order valence-corrected chi connectivity index (χ2v) is 8.67. The van der Waals surface area contributed by atoms with Crippen molar-refractivity contribution < 1.29 is 22.3 Å². The molecule has 162 valence electrons. The molecule has 0 spiro atoms. The number of carbonyl (C=O) groups is 1. The van der Waals surface area contributed by atoms with Crippen LogP contribution in [0.4, 0.5) is 10.1 Å². The maximum atomic E-state index is 14.5. The van der Waals surface area contributed by atoms with E-state index in [1.165, 1.54) is 37.4 Å². The molecular formula is C23H23FN2O4S. The number of anilines is 1. The highest BCUT2D eigenvalue weighted by Gasteiger charge is 2.29. The van der Waals surface area contributed by atoms with E-state index < -0.39 is 34.3 Å². The summed E-state index contributed by atoms with van der Waals surface area (Å²) >= 11 is 0. The summed E-state index contributed by atoms with van der Waals surface area (Å²) < 4.78 is 47.1. The molecule has 0 fully saturated rings. The average Bonchev–Trinajstić information content (AvgIpc) is 2.78. The second-order valence-electron chi connectivity index (χ2n) is 6.81. The van der Waals surface area contributed by atoms with Crippen molar-refractivity contribution in [2.45, 2.75) is 17.9 Å². The number of hydrogen-bond donors (Lipinski definition) is 1. The highest BCUT2D eigenvalue weighted by atomic mass is 32.2. The first-order chi connectivity index (χ1) is 14.8. The fourth-order valence-electron chi connectivity index (χ4n) is 3.19. The Morgan fingerprint density at radius 3 is 2.29 bits per heavy atom. The number of carbonyl (C=O) groups excluding carboxylic acids is 1. The molecule has 1 unspecified atom stereocenters. The molecule has 8 heteroatoms. The van der Waals surface area contributed by atoms with E-state index in [0.29, 0.717) is 5.75 Å². The van der Waals surface area contributed by atoms with Gasteiger partial charge in [-0.25, -0.2) is 12.8 Å². The molecule has 31 heavy (non-hydrogen) atoms. The van der Waals surface area contributed by atoms with Gasteiger partial charge < -0.3 is 10.1 Å². The molecule has 1 N–H and O–H groups in total. The summed E-state index contributed by atoms with van der Waals surface area (Å²) in [5, 5.41) is 2.77. The Balaban J connectivity index is 1.90. The van der Waals surface area contributed by atoms with Gasteiger partial charge >= 0.3 is 0 Å². The Kier molecular flexibility index (Phi) is 6.91. The second kappa shape index (κ2) is 9.61. The van der Waals surface area contributed by atoms with Crippen LogP contribution in [0.15, 0.2) is 83.8 Å². The number of nitrogens with zero attached hydrogens (tertiary/aromatic N) is 1. The highest BCUT2D eigenvalue weighted by Crippen LogP contribution is 2.27. The van der Waals surface area contributed by atoms with Crippen molar-refractivity contribution in [1.29, 1.82) is 0 Å². The number of sulfonamides is 1. The number of methoxy groups -OCH3 is 1. The first kappa shape index (κ1) is 22.3. The van der Waals surface area contributed by atoms with Crippen LogP contribution in [-0.4, -0.2) is 28.0 Å². The number of hydrogen-bond acceptors (Lipinski definition) is 4. The monoisotopic (exact) mass is 442 g/mol. The molecule has 0 saturated heterocycles. The van der Waals surface area contributed by atoms with Gasteiger partial charge in [-0.15, -0.1) is 0 Å². The van der Waals surface area contributed by atoms with Crippen molar-refractivity contribution in [2.24, 2.45) is 0 Å². The number of benzene rings is 3. The zero-order chi connectivity index (χ0) is 22.4. The van der Waals surface area contributed by atoms with Crippen LogP contribution in [0.2, 0.25) is 0 Å². The van der Waals surface area contributed by atoms with Crippen LogP contribution in [0.5, 0.6) is 5.75 Å². The molecule has 1 atom stereocenters. The lowest BCUT2D eigenvalue weighted by Crippen LogP contribution is -2.42. The first-order valence-electron chi connectivity index (χ1n) is 9.59. The summed E-state index contributed by atoms with van der Waals surface area (Å²) in [4.78, 5) is 12.8. The van der Waals surface area contributed by atoms with Gasteiger partial charge in [-0.2, -0.15) is 0 Å². The summed E-state index contributed by atoms with van der Waals surface area (Å²) in [6.07, 6.45) is 0. The van der Waals surface area contributed by atoms with E-state index in [1.54, 1.807) is 37.3 Å². The van der Waals surface area contributed by atoms with Gasteiger partial charge in [0.15, 0.2) is 0 Å². The third kappa shape index (κ3) is 5.03. The molecular weight excluding hydrogens is 419 g/mol. The normalized spacial score (nSPS) is 12.1. The average molecular weight is 443 g/mol. The number of amides is 1. The van der Waals surface area contributed by atoms with Crippen molar-refractivity contribution in [1.82, 2.24) is 5.32 Å². The molecule has 0 aromatic heterocycles. The molecule has 0 aliphatic carbocycles. The highest BCUT2D eigenvalue weighted by molar-refractivity contribution is 7.92. The molecule has 0 heterocycles. The van der Waals surface area contributed by atoms with E-state index in [2.05, 4.69) is 5.32 Å². The van der Waals surface area contributed by atoms with Crippen LogP contribution in [0.1, 0.15) is 18.5 Å². The van der Waals surface area contributed by atoms with Crippen molar-refractivity contribution in [3.05, 3.63) is 90.2 Å². The smallest absolute Gasteiger partial charge is 0.264 e. The molecule has 6 nitrogen and oxygen atoms in total. The van der Waals surface area contributed by atoms with Gasteiger partial charge in [0.1, 0.15) is 18.1 Å². The van der Waals surface area contributed by atoms with Crippen molar-refractivity contribution >= 4 is 21.6 Å². The first-order valence-corrected chi connectivity index (χ1v) is 11.0. The quantitative estimate of drug-likeness (QED) is 0.574. The lowest BCUT2D eigenvalue weighted by molar-refractivity contribution is -0.120. The zero-order valence-electron chi connectivity index (χ0n) is 17.2. The molecule has 1 amide bonds. The topological polar surface area (TPSA) is 75.7 Å². The van der Waals surface area contributed by atoms with Crippen molar-refractivity contribution in [3.8, 4) is 5.75 Å². The van der Waals surface area contributed by atoms with Crippen molar-refractivity contribution in [2.75, 3.05) is 18.0 Å². The van der Waals surface area contributed by atoms with Gasteiger partial charge in [0.25, 0.3) is 10.0 Å². The largest absolute Gasteiger partial charge is 0.496 e. The van der Waals surface area contributed by atoms with Crippen LogP contribution >= 0.6 is 0 Å². The molecule has 3 aromatic carbocycles. The number of para-hydroxylation sites is 2. The van der Waals surface area contributed by atoms with Crippen molar-refractivity contribution in [3.63, 3.8) is 0 Å². The number of nitrogens with one attached hydrogen (secondary N) is 1. The maximum absolute atomic E-state index is 14.5. The Morgan fingerprint density at radius 2 is 1.61 bits per heavy atom. The Bertz CT molecular complexity index is 1150. The molecule has 0 saturated carbocycles. The summed E-state index contributed by atoms with van der Waals surface area (Å²) in [6.45, 7) is 1.17. The van der Waals surface area contributed by atoms with Gasteiger partial charge in [-0.1, -0.05) is 48.5 Å². The number of rotatable bonds is 8. The summed E-state index contributed by atoms with van der Waals surface area (Å²) in [5.41, 5.74) is 0.535. The number of ether oxygens (including phenoxy) is 1. The lowest BCUT2D eigenvalue weighted by atomic mass is 10.1. The van der Waals surface area contributed by atoms with E-state index in [4.69, 9.17) is 4.74 Å². The predicted octanol–water partition coefficient (Wildman–Crippen LogP) is 3.91. The molecule has 3 rings (SSSR count). The van der Waals surface area contributed by atoms with E-state index in [0.717, 1.165) is 15.9 Å². The van der Waals surface area contributed by atoms with Crippen LogP contribution in [0.25, 0.3) is 0 Å². The Morgan fingerprint density at radius 1 is 1.00 bits per heavy atom. The molecule has 0 aliphatic rings. The van der Waals surface area contributed by atoms with Crippen LogP contribution in [-0.2, 0) is 14.8 Å². The molecule has 0 aliphatic heterocycles. The van der Waals surface area contributed by atoms with Gasteiger partial charge in [0, 0.05) is 5.56 Å². The van der Waals surface area contributed by atoms with Crippen LogP contribution < -0.4 is 14.4 Å². The minimum absolute atomic E-state index is 0.0381. The third-order valence-corrected chi connectivity index (χ3v) is 6.50. The van der Waals surface area contributed by atoms with Gasteiger partial charge in [-0.3, -0.25) is 9.10 Å². The van der Waals surface area contributed by atoms with Crippen LogP contribution in [0, 0.1) is 5.82 Å². The Hall–Kier alpha value is -3.39. The fraction of sp³-hybridized carbons (Fsp3) is 0.174. The fourth-order valence-corrected chi connectivity index (χ4v) is 4.64. The number of halogens is 1. The SMILES string of the molecule is COc1ccccc1C(C)NC(=O)CN(c1ccccc1F)S(=O)(=O)c1ccccc1. The van der Waals surface area contributed by atoms with E-state index >= 15 is 0 Å². The van der Waals surface area contributed by atoms with E-state index in [9.17, 15) is 17.6 Å². The minimum Gasteiger partial charge on any atom is -0.496 e. The molecule has 0 radical (unpaired) electrons. The zero-order valence-corrected chi connectivity index (χ0v) is 18.0. The van der Waals surface area contributed by atoms with E-state index in [1.807, 2.05) is 12.1 Å². The van der Waals surface area contributed by atoms with Gasteiger partial charge in [0.2, 0.25) is 5.91 Å². The predicted molar refractivity (Wildman–Crippen MR) is 117 cm³/mol. The minimum atomic E-state index is -4.18. The molecule has 0 bridgehead atoms.